The van der Waals surface area contributed by atoms with E-state index in [-0.39, 0.29) is 12.5 Å². The summed E-state index contributed by atoms with van der Waals surface area (Å²) in [7, 11) is 0. The Labute approximate surface area is 150 Å². The monoisotopic (exact) mass is 347 g/mol. The van der Waals surface area contributed by atoms with E-state index in [1.54, 1.807) is 23.0 Å². The second-order valence-electron chi connectivity index (χ2n) is 6.09. The Bertz CT molecular complexity index is 982. The van der Waals surface area contributed by atoms with Crippen molar-refractivity contribution in [3.8, 4) is 6.07 Å². The van der Waals surface area contributed by atoms with Crippen molar-refractivity contribution >= 4 is 22.8 Å². The summed E-state index contributed by atoms with van der Waals surface area (Å²) < 4.78 is 1.64. The molecule has 1 aliphatic heterocycles. The van der Waals surface area contributed by atoms with Crippen LogP contribution in [0.25, 0.3) is 11.0 Å². The first-order valence-electron chi connectivity index (χ1n) is 8.42. The molecule has 1 aliphatic rings. The van der Waals surface area contributed by atoms with Gasteiger partial charge in [-0.25, -0.2) is 9.67 Å². The number of amides is 1. The number of pyridine rings is 1. The summed E-state index contributed by atoms with van der Waals surface area (Å²) in [6.45, 7) is 2.65. The number of nitriles is 1. The van der Waals surface area contributed by atoms with E-state index in [0.29, 0.717) is 37.6 Å². The van der Waals surface area contributed by atoms with E-state index in [0.717, 1.165) is 11.0 Å². The lowest BCUT2D eigenvalue weighted by Gasteiger charge is -2.35. The van der Waals surface area contributed by atoms with Crippen LogP contribution < -0.4 is 4.90 Å². The molecule has 3 aromatic rings. The lowest BCUT2D eigenvalue weighted by molar-refractivity contribution is -0.132. The molecule has 1 fully saturated rings. The van der Waals surface area contributed by atoms with Gasteiger partial charge in [0.1, 0.15) is 23.9 Å². The van der Waals surface area contributed by atoms with Gasteiger partial charge in [-0.3, -0.25) is 4.79 Å². The van der Waals surface area contributed by atoms with Crippen molar-refractivity contribution in [2.75, 3.05) is 31.1 Å². The molecule has 4 rings (SSSR count). The number of hydrogen-bond acceptors (Lipinski definition) is 6. The highest BCUT2D eigenvalue weighted by Gasteiger charge is 2.24. The lowest BCUT2D eigenvalue weighted by Crippen LogP contribution is -2.50. The van der Waals surface area contributed by atoms with Crippen LogP contribution >= 0.6 is 0 Å². The molecule has 0 radical (unpaired) electrons. The van der Waals surface area contributed by atoms with Crippen molar-refractivity contribution in [1.82, 2.24) is 24.9 Å². The zero-order valence-corrected chi connectivity index (χ0v) is 14.1. The van der Waals surface area contributed by atoms with Gasteiger partial charge in [-0.05, 0) is 24.3 Å². The summed E-state index contributed by atoms with van der Waals surface area (Å²) in [4.78, 5) is 20.8. The maximum absolute atomic E-state index is 12.6. The largest absolute Gasteiger partial charge is 0.352 e. The average molecular weight is 347 g/mol. The molecule has 1 amide bonds. The molecule has 1 saturated heterocycles. The molecule has 130 valence electrons. The van der Waals surface area contributed by atoms with Crippen molar-refractivity contribution in [2.24, 2.45) is 0 Å². The number of aromatic nitrogens is 4. The summed E-state index contributed by atoms with van der Waals surface area (Å²) in [5.74, 6) is 0.700. The minimum atomic E-state index is 0.0156. The van der Waals surface area contributed by atoms with Gasteiger partial charge in [0.05, 0.1) is 11.1 Å². The SMILES string of the molecule is N#Cc1cccnc1N1CCN(C(=O)Cn2nnc3ccccc32)CC1. The standard InChI is InChI=1S/C18H17N7O/c19-12-14-4-3-7-20-18(14)24-10-8-23(9-11-24)17(26)13-25-16-6-2-1-5-15(16)21-22-25/h1-7H,8-11,13H2. The molecular formula is C18H17N7O. The summed E-state index contributed by atoms with van der Waals surface area (Å²) in [6, 6.07) is 13.3. The summed E-state index contributed by atoms with van der Waals surface area (Å²) in [5.41, 5.74) is 2.19. The van der Waals surface area contributed by atoms with Crippen LogP contribution in [0, 0.1) is 11.3 Å². The second kappa shape index (κ2) is 6.80. The van der Waals surface area contributed by atoms with Crippen molar-refractivity contribution < 1.29 is 4.79 Å². The third-order valence-electron chi connectivity index (χ3n) is 4.54. The van der Waals surface area contributed by atoms with Crippen LogP contribution in [0.5, 0.6) is 0 Å². The van der Waals surface area contributed by atoms with E-state index >= 15 is 0 Å². The Morgan fingerprint density at radius 1 is 1.12 bits per heavy atom. The fraction of sp³-hybridized carbons (Fsp3) is 0.278. The maximum Gasteiger partial charge on any atom is 0.244 e. The van der Waals surface area contributed by atoms with E-state index in [1.807, 2.05) is 34.1 Å². The molecule has 26 heavy (non-hydrogen) atoms. The summed E-state index contributed by atoms with van der Waals surface area (Å²) in [5, 5.41) is 17.4. The molecule has 3 heterocycles. The molecule has 8 nitrogen and oxygen atoms in total. The van der Waals surface area contributed by atoms with Gasteiger partial charge >= 0.3 is 0 Å². The molecule has 0 spiro atoms. The van der Waals surface area contributed by atoms with Crippen molar-refractivity contribution in [3.05, 3.63) is 48.2 Å². The topological polar surface area (TPSA) is 90.9 Å². The highest BCUT2D eigenvalue weighted by Crippen LogP contribution is 2.18. The average Bonchev–Trinajstić information content (AvgIpc) is 3.11. The van der Waals surface area contributed by atoms with E-state index < -0.39 is 0 Å². The van der Waals surface area contributed by atoms with Gasteiger partial charge in [0.15, 0.2) is 0 Å². The molecule has 1 aromatic carbocycles. The number of rotatable bonds is 3. The van der Waals surface area contributed by atoms with Gasteiger partial charge in [0.2, 0.25) is 5.91 Å². The molecule has 0 aliphatic carbocycles. The van der Waals surface area contributed by atoms with Crippen molar-refractivity contribution in [1.29, 1.82) is 5.26 Å². The van der Waals surface area contributed by atoms with Crippen LogP contribution in [0.15, 0.2) is 42.6 Å². The molecule has 0 N–H and O–H groups in total. The van der Waals surface area contributed by atoms with Crippen molar-refractivity contribution in [3.63, 3.8) is 0 Å². The van der Waals surface area contributed by atoms with E-state index in [9.17, 15) is 10.1 Å². The Balaban J connectivity index is 1.42. The molecule has 0 saturated carbocycles. The highest BCUT2D eigenvalue weighted by molar-refractivity contribution is 5.80. The Hall–Kier alpha value is -3.47. The smallest absolute Gasteiger partial charge is 0.244 e. The number of anilines is 1. The molecule has 0 bridgehead atoms. The van der Waals surface area contributed by atoms with Crippen LogP contribution in [0.4, 0.5) is 5.82 Å². The van der Waals surface area contributed by atoms with Crippen LogP contribution in [-0.2, 0) is 11.3 Å². The zero-order chi connectivity index (χ0) is 17.9. The van der Waals surface area contributed by atoms with Gasteiger partial charge < -0.3 is 9.80 Å². The first-order chi connectivity index (χ1) is 12.8. The minimum absolute atomic E-state index is 0.0156. The number of carbonyl (C=O) groups is 1. The van der Waals surface area contributed by atoms with Crippen LogP contribution in [0.1, 0.15) is 5.56 Å². The number of hydrogen-bond donors (Lipinski definition) is 0. The second-order valence-corrected chi connectivity index (χ2v) is 6.09. The minimum Gasteiger partial charge on any atom is -0.352 e. The highest BCUT2D eigenvalue weighted by atomic mass is 16.2. The number of fused-ring (bicyclic) bond motifs is 1. The predicted octanol–water partition coefficient (Wildman–Crippen LogP) is 1.05. The zero-order valence-electron chi connectivity index (χ0n) is 14.1. The predicted molar refractivity (Wildman–Crippen MR) is 95.3 cm³/mol. The fourth-order valence-corrected chi connectivity index (χ4v) is 3.17. The van der Waals surface area contributed by atoms with Crippen LogP contribution in [0.3, 0.4) is 0 Å². The van der Waals surface area contributed by atoms with Gasteiger partial charge in [-0.15, -0.1) is 5.10 Å². The number of benzene rings is 1. The molecule has 0 unspecified atom stereocenters. The van der Waals surface area contributed by atoms with Crippen LogP contribution in [-0.4, -0.2) is 57.0 Å². The van der Waals surface area contributed by atoms with Gasteiger partial charge in [-0.1, -0.05) is 17.3 Å². The normalized spacial score (nSPS) is 14.4. The third kappa shape index (κ3) is 2.95. The van der Waals surface area contributed by atoms with E-state index in [4.69, 9.17) is 0 Å². The number of para-hydroxylation sites is 1. The Morgan fingerprint density at radius 3 is 2.73 bits per heavy atom. The summed E-state index contributed by atoms with van der Waals surface area (Å²) >= 11 is 0. The first kappa shape index (κ1) is 16.0. The van der Waals surface area contributed by atoms with E-state index in [1.165, 1.54) is 0 Å². The third-order valence-corrected chi connectivity index (χ3v) is 4.54. The molecule has 0 atom stereocenters. The van der Waals surface area contributed by atoms with Crippen molar-refractivity contribution in [2.45, 2.75) is 6.54 Å². The first-order valence-corrected chi connectivity index (χ1v) is 8.42. The van der Waals surface area contributed by atoms with Gasteiger partial charge in [0.25, 0.3) is 0 Å². The Morgan fingerprint density at radius 2 is 1.92 bits per heavy atom. The fourth-order valence-electron chi connectivity index (χ4n) is 3.17. The van der Waals surface area contributed by atoms with E-state index in [2.05, 4.69) is 21.4 Å². The van der Waals surface area contributed by atoms with Gasteiger partial charge in [0, 0.05) is 32.4 Å². The molecule has 8 heteroatoms. The molecular weight excluding hydrogens is 330 g/mol. The molecule has 2 aromatic heterocycles. The number of nitrogens with zero attached hydrogens (tertiary/aromatic N) is 7. The lowest BCUT2D eigenvalue weighted by atomic mass is 10.2. The summed E-state index contributed by atoms with van der Waals surface area (Å²) in [6.07, 6.45) is 1.68. The quantitative estimate of drug-likeness (QED) is 0.703. The van der Waals surface area contributed by atoms with Gasteiger partial charge in [-0.2, -0.15) is 5.26 Å². The van der Waals surface area contributed by atoms with Crippen LogP contribution in [0.2, 0.25) is 0 Å². The Kier molecular flexibility index (Phi) is 4.19. The maximum atomic E-state index is 12.6. The number of carbonyl (C=O) groups excluding carboxylic acids is 1. The number of piperazine rings is 1.